The molecule has 5 heteroatoms. The second-order valence-corrected chi connectivity index (χ2v) is 5.41. The average molecular weight is 270 g/mol. The number of nitrogens with one attached hydrogen (secondary N) is 1. The van der Waals surface area contributed by atoms with Crippen molar-refractivity contribution in [2.45, 2.75) is 58.4 Å². The lowest BCUT2D eigenvalue weighted by Crippen LogP contribution is -2.51. The smallest absolute Gasteiger partial charge is 0.326 e. The minimum atomic E-state index is -0.949. The lowest BCUT2D eigenvalue weighted by Gasteiger charge is -2.28. The molecule has 2 N–H and O–H groups in total. The van der Waals surface area contributed by atoms with Crippen molar-refractivity contribution < 1.29 is 14.7 Å². The van der Waals surface area contributed by atoms with E-state index in [0.29, 0.717) is 0 Å². The molecule has 0 radical (unpaired) electrons. The van der Waals surface area contributed by atoms with Crippen molar-refractivity contribution in [3.05, 3.63) is 0 Å². The first-order chi connectivity index (χ1) is 9.06. The van der Waals surface area contributed by atoms with E-state index in [2.05, 4.69) is 5.32 Å². The summed E-state index contributed by atoms with van der Waals surface area (Å²) in [7, 11) is 0. The highest BCUT2D eigenvalue weighted by molar-refractivity contribution is 5.82. The van der Waals surface area contributed by atoms with Crippen LogP contribution in [0.5, 0.6) is 0 Å². The molecule has 1 rings (SSSR count). The second-order valence-electron chi connectivity index (χ2n) is 5.41. The summed E-state index contributed by atoms with van der Waals surface area (Å²) >= 11 is 0. The quantitative estimate of drug-likeness (QED) is 0.824. The maximum Gasteiger partial charge on any atom is 0.326 e. The fraction of sp³-hybridized carbons (Fsp3) is 0.857. The first-order valence-corrected chi connectivity index (χ1v) is 7.34. The number of aliphatic carboxylic acids is 1. The predicted molar refractivity (Wildman–Crippen MR) is 74.1 cm³/mol. The normalized spacial score (nSPS) is 20.0. The molecule has 1 fully saturated rings. The third kappa shape index (κ3) is 5.09. The van der Waals surface area contributed by atoms with Gasteiger partial charge in [-0.15, -0.1) is 0 Å². The van der Waals surface area contributed by atoms with Crippen LogP contribution in [0.3, 0.4) is 0 Å². The summed E-state index contributed by atoms with van der Waals surface area (Å²) < 4.78 is 0. The Morgan fingerprint density at radius 2 is 1.68 bits per heavy atom. The lowest BCUT2D eigenvalue weighted by atomic mass is 9.99. The highest BCUT2D eigenvalue weighted by atomic mass is 16.4. The Morgan fingerprint density at radius 1 is 1.16 bits per heavy atom. The topological polar surface area (TPSA) is 69.6 Å². The maximum atomic E-state index is 12.1. The van der Waals surface area contributed by atoms with Crippen LogP contribution < -0.4 is 5.32 Å². The molecular weight excluding hydrogens is 244 g/mol. The van der Waals surface area contributed by atoms with E-state index in [-0.39, 0.29) is 11.9 Å². The summed E-state index contributed by atoms with van der Waals surface area (Å²) in [5.41, 5.74) is 0. The lowest BCUT2D eigenvalue weighted by molar-refractivity contribution is -0.140. The maximum absolute atomic E-state index is 12.1. The van der Waals surface area contributed by atoms with Crippen molar-refractivity contribution in [3.63, 3.8) is 0 Å². The Morgan fingerprint density at radius 3 is 2.16 bits per heavy atom. The predicted octanol–water partition coefficient (Wildman–Crippen LogP) is 2.46. The van der Waals surface area contributed by atoms with E-state index in [4.69, 9.17) is 0 Å². The van der Waals surface area contributed by atoms with Gasteiger partial charge < -0.3 is 15.3 Å². The minimum Gasteiger partial charge on any atom is -0.480 e. The number of nitrogens with zero attached hydrogens (tertiary/aromatic N) is 1. The molecule has 5 nitrogen and oxygen atoms in total. The van der Waals surface area contributed by atoms with Crippen LogP contribution >= 0.6 is 0 Å². The van der Waals surface area contributed by atoms with Gasteiger partial charge >= 0.3 is 12.0 Å². The Bertz CT molecular complexity index is 299. The van der Waals surface area contributed by atoms with E-state index in [1.165, 1.54) is 6.42 Å². The average Bonchev–Trinajstić information content (AvgIpc) is 2.34. The SMILES string of the molecule is CCC(C)C(NC(=O)N1CCCCCCC1)C(=O)O. The van der Waals surface area contributed by atoms with Crippen LogP contribution in [0.4, 0.5) is 4.79 Å². The van der Waals surface area contributed by atoms with Gasteiger partial charge in [-0.05, 0) is 18.8 Å². The summed E-state index contributed by atoms with van der Waals surface area (Å²) in [5.74, 6) is -1.01. The third-order valence-corrected chi connectivity index (χ3v) is 3.90. The van der Waals surface area contributed by atoms with Crippen molar-refractivity contribution in [2.75, 3.05) is 13.1 Å². The number of rotatable bonds is 4. The van der Waals surface area contributed by atoms with E-state index < -0.39 is 12.0 Å². The van der Waals surface area contributed by atoms with Crippen LogP contribution in [-0.4, -0.2) is 41.1 Å². The number of carboxylic acids is 1. The van der Waals surface area contributed by atoms with Crippen molar-refractivity contribution in [2.24, 2.45) is 5.92 Å². The number of carbonyl (C=O) groups excluding carboxylic acids is 1. The van der Waals surface area contributed by atoms with E-state index >= 15 is 0 Å². The van der Waals surface area contributed by atoms with Gasteiger partial charge in [0, 0.05) is 13.1 Å². The molecule has 1 aliphatic heterocycles. The number of carboxylic acid groups (broad SMARTS) is 1. The fourth-order valence-electron chi connectivity index (χ4n) is 2.36. The van der Waals surface area contributed by atoms with Crippen molar-refractivity contribution in [1.82, 2.24) is 10.2 Å². The summed E-state index contributed by atoms with van der Waals surface area (Å²) in [5, 5.41) is 11.9. The van der Waals surface area contributed by atoms with E-state index in [9.17, 15) is 14.7 Å². The summed E-state index contributed by atoms with van der Waals surface area (Å²) in [6.45, 7) is 5.26. The zero-order chi connectivity index (χ0) is 14.3. The molecule has 1 heterocycles. The van der Waals surface area contributed by atoms with Gasteiger partial charge in [-0.25, -0.2) is 9.59 Å². The summed E-state index contributed by atoms with van der Waals surface area (Å²) in [6, 6.07) is -1.02. The van der Waals surface area contributed by atoms with Gasteiger partial charge in [0.05, 0.1) is 0 Å². The molecule has 19 heavy (non-hydrogen) atoms. The number of hydrogen-bond acceptors (Lipinski definition) is 2. The molecule has 0 spiro atoms. The van der Waals surface area contributed by atoms with Gasteiger partial charge in [-0.3, -0.25) is 0 Å². The molecule has 1 aliphatic rings. The molecule has 0 bridgehead atoms. The molecule has 0 aromatic heterocycles. The zero-order valence-electron chi connectivity index (χ0n) is 12.0. The number of urea groups is 1. The molecule has 0 aromatic carbocycles. The van der Waals surface area contributed by atoms with Gasteiger partial charge in [0.15, 0.2) is 0 Å². The first kappa shape index (κ1) is 15.8. The molecule has 0 saturated carbocycles. The number of amides is 2. The van der Waals surface area contributed by atoms with Crippen LogP contribution in [0.2, 0.25) is 0 Å². The Labute approximate surface area is 115 Å². The van der Waals surface area contributed by atoms with Gasteiger partial charge in [-0.2, -0.15) is 0 Å². The number of carbonyl (C=O) groups is 2. The van der Waals surface area contributed by atoms with Gasteiger partial charge in [0.2, 0.25) is 0 Å². The van der Waals surface area contributed by atoms with Crippen molar-refractivity contribution in [3.8, 4) is 0 Å². The Balaban J connectivity index is 2.56. The largest absolute Gasteiger partial charge is 0.480 e. The van der Waals surface area contributed by atoms with Crippen LogP contribution in [0.25, 0.3) is 0 Å². The third-order valence-electron chi connectivity index (χ3n) is 3.90. The van der Waals surface area contributed by atoms with Crippen LogP contribution in [-0.2, 0) is 4.79 Å². The monoisotopic (exact) mass is 270 g/mol. The first-order valence-electron chi connectivity index (χ1n) is 7.34. The van der Waals surface area contributed by atoms with Crippen LogP contribution in [0, 0.1) is 5.92 Å². The van der Waals surface area contributed by atoms with Crippen LogP contribution in [0.1, 0.15) is 52.4 Å². The standard InChI is InChI=1S/C14H26N2O3/c1-3-11(2)12(13(17)18)15-14(19)16-9-7-5-4-6-8-10-16/h11-12H,3-10H2,1-2H3,(H,15,19)(H,17,18). The molecule has 110 valence electrons. The summed E-state index contributed by atoms with van der Waals surface area (Å²) in [6.07, 6.45) is 6.29. The Hall–Kier alpha value is -1.26. The Kier molecular flexibility index (Phi) is 6.67. The molecule has 2 amide bonds. The van der Waals surface area contributed by atoms with E-state index in [1.807, 2.05) is 13.8 Å². The highest BCUT2D eigenvalue weighted by Crippen LogP contribution is 2.12. The fourth-order valence-corrected chi connectivity index (χ4v) is 2.36. The van der Waals surface area contributed by atoms with Gasteiger partial charge in [0.1, 0.15) is 6.04 Å². The number of hydrogen-bond donors (Lipinski definition) is 2. The highest BCUT2D eigenvalue weighted by Gasteiger charge is 2.27. The van der Waals surface area contributed by atoms with Gasteiger partial charge in [-0.1, -0.05) is 39.5 Å². The number of likely N-dealkylation sites (tertiary alicyclic amines) is 1. The van der Waals surface area contributed by atoms with E-state index in [0.717, 1.165) is 45.2 Å². The van der Waals surface area contributed by atoms with E-state index in [1.54, 1.807) is 4.90 Å². The molecular formula is C14H26N2O3. The van der Waals surface area contributed by atoms with Crippen molar-refractivity contribution >= 4 is 12.0 Å². The minimum absolute atomic E-state index is 0.0591. The summed E-state index contributed by atoms with van der Waals surface area (Å²) in [4.78, 5) is 25.1. The second kappa shape index (κ2) is 8.02. The van der Waals surface area contributed by atoms with Gasteiger partial charge in [0.25, 0.3) is 0 Å². The molecule has 1 saturated heterocycles. The zero-order valence-corrected chi connectivity index (χ0v) is 12.0. The van der Waals surface area contributed by atoms with Crippen molar-refractivity contribution in [1.29, 1.82) is 0 Å². The molecule has 0 aliphatic carbocycles. The van der Waals surface area contributed by atoms with Crippen LogP contribution in [0.15, 0.2) is 0 Å². The molecule has 0 aromatic rings. The molecule has 2 unspecified atom stereocenters. The molecule has 2 atom stereocenters.